The zero-order valence-electron chi connectivity index (χ0n) is 12.0. The highest BCUT2D eigenvalue weighted by Gasteiger charge is 2.11. The van der Waals surface area contributed by atoms with Crippen LogP contribution in [0.4, 0.5) is 0 Å². The molecule has 5 heteroatoms. The number of hydrogen-bond donors (Lipinski definition) is 1. The Morgan fingerprint density at radius 1 is 1.14 bits per heavy atom. The van der Waals surface area contributed by atoms with Crippen LogP contribution in [0.5, 0.6) is 11.5 Å². The Labute approximate surface area is 133 Å². The van der Waals surface area contributed by atoms with Crippen molar-refractivity contribution >= 4 is 15.9 Å². The molecule has 0 saturated heterocycles. The lowest BCUT2D eigenvalue weighted by Gasteiger charge is -2.15. The first kappa shape index (κ1) is 15.8. The fourth-order valence-corrected chi connectivity index (χ4v) is 2.57. The van der Waals surface area contributed by atoms with E-state index in [2.05, 4.69) is 20.9 Å². The van der Waals surface area contributed by atoms with Crippen molar-refractivity contribution in [1.29, 1.82) is 0 Å². The van der Waals surface area contributed by atoms with Gasteiger partial charge in [-0.3, -0.25) is 4.98 Å². The average Bonchev–Trinajstić information content (AvgIpc) is 2.51. The van der Waals surface area contributed by atoms with Crippen LogP contribution in [0.3, 0.4) is 0 Å². The summed E-state index contributed by atoms with van der Waals surface area (Å²) in [7, 11) is 0. The van der Waals surface area contributed by atoms with Gasteiger partial charge >= 0.3 is 0 Å². The van der Waals surface area contributed by atoms with Crippen LogP contribution < -0.4 is 15.2 Å². The number of hydrogen-bond acceptors (Lipinski definition) is 4. The Bertz CT molecular complexity index is 576. The van der Waals surface area contributed by atoms with Crippen molar-refractivity contribution in [3.05, 3.63) is 52.3 Å². The second-order valence-electron chi connectivity index (χ2n) is 4.50. The summed E-state index contributed by atoms with van der Waals surface area (Å²) in [5.41, 5.74) is 7.89. The molecule has 2 aromatic rings. The molecule has 0 aliphatic carbocycles. The molecule has 4 nitrogen and oxygen atoms in total. The van der Waals surface area contributed by atoms with E-state index < -0.39 is 0 Å². The summed E-state index contributed by atoms with van der Waals surface area (Å²) in [6.07, 6.45) is 4.39. The van der Waals surface area contributed by atoms with Crippen LogP contribution in [-0.4, -0.2) is 18.2 Å². The van der Waals surface area contributed by atoms with Gasteiger partial charge in [-0.15, -0.1) is 0 Å². The zero-order valence-corrected chi connectivity index (χ0v) is 13.6. The van der Waals surface area contributed by atoms with Gasteiger partial charge < -0.3 is 15.2 Å². The number of nitrogens with two attached hydrogens (primary N) is 1. The first-order valence-corrected chi connectivity index (χ1v) is 7.71. The van der Waals surface area contributed by atoms with Gasteiger partial charge in [0.25, 0.3) is 0 Å². The lowest BCUT2D eigenvalue weighted by atomic mass is 10.2. The third-order valence-corrected chi connectivity index (χ3v) is 3.58. The van der Waals surface area contributed by atoms with Gasteiger partial charge in [0.2, 0.25) is 0 Å². The molecule has 1 aromatic carbocycles. The fraction of sp³-hybridized carbons (Fsp3) is 0.312. The molecule has 0 radical (unpaired) electrons. The average molecular weight is 351 g/mol. The quantitative estimate of drug-likeness (QED) is 0.831. The van der Waals surface area contributed by atoms with Crippen LogP contribution in [0.15, 0.2) is 41.1 Å². The number of nitrogens with zero attached hydrogens (tertiary/aromatic N) is 1. The van der Waals surface area contributed by atoms with Gasteiger partial charge in [-0.05, 0) is 58.2 Å². The molecule has 0 aliphatic rings. The summed E-state index contributed by atoms with van der Waals surface area (Å²) in [5.74, 6) is 1.45. The molecule has 0 unspecified atom stereocenters. The number of rotatable bonds is 7. The Morgan fingerprint density at radius 3 is 2.57 bits per heavy atom. The largest absolute Gasteiger partial charge is 0.490 e. The van der Waals surface area contributed by atoms with E-state index in [9.17, 15) is 0 Å². The topological polar surface area (TPSA) is 57.4 Å². The van der Waals surface area contributed by atoms with Gasteiger partial charge in [-0.1, -0.05) is 0 Å². The van der Waals surface area contributed by atoms with Crippen LogP contribution in [-0.2, 0) is 13.0 Å². The highest BCUT2D eigenvalue weighted by molar-refractivity contribution is 9.10. The van der Waals surface area contributed by atoms with E-state index in [1.807, 2.05) is 31.2 Å². The predicted octanol–water partition coefficient (Wildman–Crippen LogP) is 3.32. The van der Waals surface area contributed by atoms with Crippen LogP contribution in [0.1, 0.15) is 18.1 Å². The SMILES string of the molecule is CCOc1cc(CN)cc(Br)c1OCCc1ccncc1. The second-order valence-corrected chi connectivity index (χ2v) is 5.35. The van der Waals surface area contributed by atoms with E-state index in [-0.39, 0.29) is 0 Å². The van der Waals surface area contributed by atoms with E-state index >= 15 is 0 Å². The minimum atomic E-state index is 0.468. The molecular formula is C16H19BrN2O2. The zero-order chi connectivity index (χ0) is 15.1. The maximum Gasteiger partial charge on any atom is 0.175 e. The first-order valence-electron chi connectivity index (χ1n) is 6.91. The minimum absolute atomic E-state index is 0.468. The highest BCUT2D eigenvalue weighted by Crippen LogP contribution is 2.36. The molecule has 0 aliphatic heterocycles. The molecule has 2 rings (SSSR count). The van der Waals surface area contributed by atoms with Crippen molar-refractivity contribution in [2.75, 3.05) is 13.2 Å². The van der Waals surface area contributed by atoms with Crippen molar-refractivity contribution in [1.82, 2.24) is 4.98 Å². The molecule has 112 valence electrons. The van der Waals surface area contributed by atoms with Crippen molar-refractivity contribution in [3.8, 4) is 11.5 Å². The smallest absolute Gasteiger partial charge is 0.175 e. The van der Waals surface area contributed by atoms with E-state index in [1.165, 1.54) is 5.56 Å². The summed E-state index contributed by atoms with van der Waals surface area (Å²) in [5, 5.41) is 0. The second kappa shape index (κ2) is 8.00. The summed E-state index contributed by atoms with van der Waals surface area (Å²) in [6, 6.07) is 7.86. The Hall–Kier alpha value is -1.59. The molecule has 0 amide bonds. The van der Waals surface area contributed by atoms with Gasteiger partial charge in [0.15, 0.2) is 11.5 Å². The van der Waals surface area contributed by atoms with Gasteiger partial charge in [-0.2, -0.15) is 0 Å². The Kier molecular flexibility index (Phi) is 6.02. The number of aromatic nitrogens is 1. The molecule has 0 spiro atoms. The summed E-state index contributed by atoms with van der Waals surface area (Å²) < 4.78 is 12.4. The van der Waals surface area contributed by atoms with E-state index in [0.717, 1.165) is 28.0 Å². The van der Waals surface area contributed by atoms with Crippen LogP contribution in [0.2, 0.25) is 0 Å². The number of pyridine rings is 1. The van der Waals surface area contributed by atoms with E-state index in [0.29, 0.717) is 19.8 Å². The number of halogens is 1. The van der Waals surface area contributed by atoms with Crippen molar-refractivity contribution in [2.24, 2.45) is 5.73 Å². The molecule has 2 N–H and O–H groups in total. The van der Waals surface area contributed by atoms with Crippen LogP contribution in [0, 0.1) is 0 Å². The Morgan fingerprint density at radius 2 is 1.90 bits per heavy atom. The Balaban J connectivity index is 2.07. The molecule has 0 saturated carbocycles. The summed E-state index contributed by atoms with van der Waals surface area (Å²) in [6.45, 7) is 3.57. The molecule has 21 heavy (non-hydrogen) atoms. The van der Waals surface area contributed by atoms with Gasteiger partial charge in [0.1, 0.15) is 0 Å². The number of benzene rings is 1. The van der Waals surface area contributed by atoms with Crippen LogP contribution >= 0.6 is 15.9 Å². The standard InChI is InChI=1S/C16H19BrN2O2/c1-2-20-15-10-13(11-18)9-14(17)16(15)21-8-5-12-3-6-19-7-4-12/h3-4,6-7,9-10H,2,5,8,11,18H2,1H3. The van der Waals surface area contributed by atoms with Crippen molar-refractivity contribution < 1.29 is 9.47 Å². The van der Waals surface area contributed by atoms with Gasteiger partial charge in [0, 0.05) is 25.4 Å². The molecule has 0 bridgehead atoms. The molecular weight excluding hydrogens is 332 g/mol. The molecule has 0 fully saturated rings. The van der Waals surface area contributed by atoms with Gasteiger partial charge in [0.05, 0.1) is 17.7 Å². The normalized spacial score (nSPS) is 10.4. The maximum atomic E-state index is 5.89. The highest BCUT2D eigenvalue weighted by atomic mass is 79.9. The van der Waals surface area contributed by atoms with Crippen LogP contribution in [0.25, 0.3) is 0 Å². The fourth-order valence-electron chi connectivity index (χ4n) is 1.96. The number of ether oxygens (including phenoxy) is 2. The monoisotopic (exact) mass is 350 g/mol. The minimum Gasteiger partial charge on any atom is -0.490 e. The summed E-state index contributed by atoms with van der Waals surface area (Å²) in [4.78, 5) is 4.00. The third kappa shape index (κ3) is 4.44. The lowest BCUT2D eigenvalue weighted by molar-refractivity contribution is 0.277. The third-order valence-electron chi connectivity index (χ3n) is 2.99. The molecule has 0 atom stereocenters. The first-order chi connectivity index (χ1) is 10.2. The van der Waals surface area contributed by atoms with Crippen molar-refractivity contribution in [3.63, 3.8) is 0 Å². The molecule has 1 heterocycles. The van der Waals surface area contributed by atoms with Gasteiger partial charge in [-0.25, -0.2) is 0 Å². The van der Waals surface area contributed by atoms with Crippen molar-refractivity contribution in [2.45, 2.75) is 19.9 Å². The summed E-state index contributed by atoms with van der Waals surface area (Å²) >= 11 is 3.52. The molecule has 1 aromatic heterocycles. The van der Waals surface area contributed by atoms with E-state index in [1.54, 1.807) is 12.4 Å². The predicted molar refractivity (Wildman–Crippen MR) is 86.6 cm³/mol. The maximum absolute atomic E-state index is 5.89. The van der Waals surface area contributed by atoms with E-state index in [4.69, 9.17) is 15.2 Å². The lowest BCUT2D eigenvalue weighted by Crippen LogP contribution is -2.06.